The average molecular weight is 268 g/mol. The van der Waals surface area contributed by atoms with Crippen LogP contribution in [0.25, 0.3) is 0 Å². The SMILES string of the molecule is CC(Cl)CN(C)C(=O)c1ccccc1C(C)(C)C. The van der Waals surface area contributed by atoms with E-state index in [1.54, 1.807) is 11.9 Å². The Balaban J connectivity index is 3.06. The van der Waals surface area contributed by atoms with Crippen LogP contribution in [0.4, 0.5) is 0 Å². The Hall–Kier alpha value is -1.02. The molecule has 0 aliphatic carbocycles. The van der Waals surface area contributed by atoms with Gasteiger partial charge in [0.05, 0.1) is 0 Å². The van der Waals surface area contributed by atoms with Gasteiger partial charge in [-0.15, -0.1) is 11.6 Å². The largest absolute Gasteiger partial charge is 0.340 e. The van der Waals surface area contributed by atoms with E-state index in [4.69, 9.17) is 11.6 Å². The molecule has 0 saturated heterocycles. The zero-order valence-corrected chi connectivity index (χ0v) is 12.6. The summed E-state index contributed by atoms with van der Waals surface area (Å²) in [5, 5.41) is -0.0410. The highest BCUT2D eigenvalue weighted by Gasteiger charge is 2.23. The second-order valence-electron chi connectivity index (χ2n) is 5.76. The molecule has 0 heterocycles. The molecule has 0 spiro atoms. The Labute approximate surface area is 115 Å². The lowest BCUT2D eigenvalue weighted by Crippen LogP contribution is -2.33. The summed E-state index contributed by atoms with van der Waals surface area (Å²) in [6.45, 7) is 8.79. The van der Waals surface area contributed by atoms with Gasteiger partial charge in [-0.2, -0.15) is 0 Å². The van der Waals surface area contributed by atoms with Crippen LogP contribution in [0.3, 0.4) is 0 Å². The highest BCUT2D eigenvalue weighted by Crippen LogP contribution is 2.26. The lowest BCUT2D eigenvalue weighted by molar-refractivity contribution is 0.0793. The number of hydrogen-bond donors (Lipinski definition) is 0. The molecule has 0 radical (unpaired) electrons. The molecule has 1 aromatic rings. The first kappa shape index (κ1) is 15.0. The lowest BCUT2D eigenvalue weighted by atomic mass is 9.83. The first-order valence-electron chi connectivity index (χ1n) is 6.22. The molecule has 2 nitrogen and oxygen atoms in total. The minimum Gasteiger partial charge on any atom is -0.340 e. The number of nitrogens with zero attached hydrogens (tertiary/aromatic N) is 1. The second-order valence-corrected chi connectivity index (χ2v) is 6.51. The summed E-state index contributed by atoms with van der Waals surface area (Å²) >= 11 is 5.94. The van der Waals surface area contributed by atoms with Gasteiger partial charge >= 0.3 is 0 Å². The fraction of sp³-hybridized carbons (Fsp3) is 0.533. The van der Waals surface area contributed by atoms with Crippen molar-refractivity contribution in [2.24, 2.45) is 0 Å². The molecule has 1 rings (SSSR count). The Morgan fingerprint density at radius 3 is 2.39 bits per heavy atom. The van der Waals surface area contributed by atoms with Gasteiger partial charge in [-0.1, -0.05) is 39.0 Å². The summed E-state index contributed by atoms with van der Waals surface area (Å²) < 4.78 is 0. The van der Waals surface area contributed by atoms with Crippen LogP contribution in [0.1, 0.15) is 43.6 Å². The topological polar surface area (TPSA) is 20.3 Å². The van der Waals surface area contributed by atoms with Crippen molar-refractivity contribution in [3.05, 3.63) is 35.4 Å². The fourth-order valence-corrected chi connectivity index (χ4v) is 2.20. The smallest absolute Gasteiger partial charge is 0.253 e. The van der Waals surface area contributed by atoms with E-state index in [2.05, 4.69) is 20.8 Å². The van der Waals surface area contributed by atoms with Crippen LogP contribution in [-0.2, 0) is 5.41 Å². The number of amides is 1. The maximum absolute atomic E-state index is 12.4. The van der Waals surface area contributed by atoms with Crippen LogP contribution in [0.5, 0.6) is 0 Å². The average Bonchev–Trinajstić information content (AvgIpc) is 2.26. The summed E-state index contributed by atoms with van der Waals surface area (Å²) in [6.07, 6.45) is 0. The molecule has 1 unspecified atom stereocenters. The van der Waals surface area contributed by atoms with Gasteiger partial charge in [-0.25, -0.2) is 0 Å². The zero-order chi connectivity index (χ0) is 13.9. The van der Waals surface area contributed by atoms with Gasteiger partial charge in [-0.05, 0) is 24.0 Å². The molecule has 0 aliphatic rings. The number of carbonyl (C=O) groups is 1. The highest BCUT2D eigenvalue weighted by molar-refractivity contribution is 6.20. The van der Waals surface area contributed by atoms with E-state index in [0.29, 0.717) is 6.54 Å². The van der Waals surface area contributed by atoms with Crippen LogP contribution in [0.15, 0.2) is 24.3 Å². The van der Waals surface area contributed by atoms with Crippen LogP contribution in [0, 0.1) is 0 Å². The Morgan fingerprint density at radius 1 is 1.33 bits per heavy atom. The van der Waals surface area contributed by atoms with E-state index in [1.807, 2.05) is 31.2 Å². The van der Waals surface area contributed by atoms with Crippen LogP contribution in [-0.4, -0.2) is 29.8 Å². The summed E-state index contributed by atoms with van der Waals surface area (Å²) in [6, 6.07) is 7.78. The van der Waals surface area contributed by atoms with Crippen LogP contribution < -0.4 is 0 Å². The normalized spacial score (nSPS) is 13.2. The molecule has 0 aromatic heterocycles. The van der Waals surface area contributed by atoms with Gasteiger partial charge in [0.2, 0.25) is 0 Å². The molecule has 100 valence electrons. The number of carbonyl (C=O) groups excluding carboxylic acids is 1. The van der Waals surface area contributed by atoms with Gasteiger partial charge in [0, 0.05) is 24.5 Å². The molecule has 0 bridgehead atoms. The Kier molecular flexibility index (Phi) is 4.80. The minimum atomic E-state index is -0.0420. The molecule has 0 saturated carbocycles. The van der Waals surface area contributed by atoms with E-state index < -0.39 is 0 Å². The molecule has 0 aliphatic heterocycles. The second kappa shape index (κ2) is 5.75. The van der Waals surface area contributed by atoms with Crippen molar-refractivity contribution in [2.75, 3.05) is 13.6 Å². The van der Waals surface area contributed by atoms with Gasteiger partial charge in [0.1, 0.15) is 0 Å². The first-order valence-corrected chi connectivity index (χ1v) is 6.66. The monoisotopic (exact) mass is 267 g/mol. The van der Waals surface area contributed by atoms with Crippen molar-refractivity contribution >= 4 is 17.5 Å². The third-order valence-electron chi connectivity index (χ3n) is 2.84. The van der Waals surface area contributed by atoms with E-state index in [1.165, 1.54) is 0 Å². The zero-order valence-electron chi connectivity index (χ0n) is 11.8. The summed E-state index contributed by atoms with van der Waals surface area (Å²) in [5.41, 5.74) is 1.80. The highest BCUT2D eigenvalue weighted by atomic mass is 35.5. The number of rotatable bonds is 3. The van der Waals surface area contributed by atoms with Crippen molar-refractivity contribution in [1.29, 1.82) is 0 Å². The van der Waals surface area contributed by atoms with Crippen molar-refractivity contribution < 1.29 is 4.79 Å². The van der Waals surface area contributed by atoms with E-state index in [0.717, 1.165) is 11.1 Å². The van der Waals surface area contributed by atoms with Crippen molar-refractivity contribution in [3.63, 3.8) is 0 Å². The number of hydrogen-bond acceptors (Lipinski definition) is 1. The standard InChI is InChI=1S/C15H22ClNO/c1-11(16)10-17(5)14(18)12-8-6-7-9-13(12)15(2,3)4/h6-9,11H,10H2,1-5H3. The molecule has 0 N–H and O–H groups in total. The summed E-state index contributed by atoms with van der Waals surface area (Å²) in [7, 11) is 1.79. The molecular weight excluding hydrogens is 246 g/mol. The molecule has 1 amide bonds. The number of alkyl halides is 1. The van der Waals surface area contributed by atoms with E-state index >= 15 is 0 Å². The molecule has 0 fully saturated rings. The van der Waals surface area contributed by atoms with Crippen LogP contribution in [0.2, 0.25) is 0 Å². The van der Waals surface area contributed by atoms with Crippen molar-refractivity contribution in [3.8, 4) is 0 Å². The first-order chi connectivity index (χ1) is 8.23. The predicted molar refractivity (Wildman–Crippen MR) is 77.4 cm³/mol. The van der Waals surface area contributed by atoms with Gasteiger partial charge in [0.25, 0.3) is 5.91 Å². The Bertz CT molecular complexity index is 421. The van der Waals surface area contributed by atoms with Crippen molar-refractivity contribution in [1.82, 2.24) is 4.90 Å². The molecular formula is C15H22ClNO. The maximum atomic E-state index is 12.4. The fourth-order valence-electron chi connectivity index (χ4n) is 1.99. The molecule has 1 aromatic carbocycles. The molecule has 1 atom stereocenters. The molecule has 18 heavy (non-hydrogen) atoms. The van der Waals surface area contributed by atoms with Gasteiger partial charge in [-0.3, -0.25) is 4.79 Å². The van der Waals surface area contributed by atoms with Gasteiger partial charge < -0.3 is 4.90 Å². The van der Waals surface area contributed by atoms with Crippen molar-refractivity contribution in [2.45, 2.75) is 38.5 Å². The minimum absolute atomic E-state index is 0.0352. The Morgan fingerprint density at radius 2 is 1.89 bits per heavy atom. The third kappa shape index (κ3) is 3.74. The third-order valence-corrected chi connectivity index (χ3v) is 2.98. The summed E-state index contributed by atoms with van der Waals surface area (Å²) in [4.78, 5) is 14.1. The lowest BCUT2D eigenvalue weighted by Gasteiger charge is -2.25. The van der Waals surface area contributed by atoms with E-state index in [-0.39, 0.29) is 16.7 Å². The van der Waals surface area contributed by atoms with E-state index in [9.17, 15) is 4.79 Å². The van der Waals surface area contributed by atoms with Crippen LogP contribution >= 0.6 is 11.6 Å². The number of halogens is 1. The summed E-state index contributed by atoms with van der Waals surface area (Å²) in [5.74, 6) is 0.0352. The number of benzene rings is 1. The molecule has 3 heteroatoms. The predicted octanol–water partition coefficient (Wildman–Crippen LogP) is 3.68. The van der Waals surface area contributed by atoms with Gasteiger partial charge in [0.15, 0.2) is 0 Å². The quantitative estimate of drug-likeness (QED) is 0.765. The maximum Gasteiger partial charge on any atom is 0.253 e.